The summed E-state index contributed by atoms with van der Waals surface area (Å²) in [5.41, 5.74) is 0.632. The summed E-state index contributed by atoms with van der Waals surface area (Å²) in [7, 11) is 0. The molecule has 0 aromatic carbocycles. The van der Waals surface area contributed by atoms with Crippen LogP contribution >= 0.6 is 0 Å². The molecular formula is C12H13O3+. The zero-order valence-electron chi connectivity index (χ0n) is 9.00. The van der Waals surface area contributed by atoms with Crippen LogP contribution < -0.4 is 0 Å². The molecule has 0 fully saturated rings. The number of hydrogen-bond acceptors (Lipinski definition) is 2. The Morgan fingerprint density at radius 3 is 2.40 bits per heavy atom. The maximum atomic E-state index is 10.8. The van der Waals surface area contributed by atoms with E-state index in [1.165, 1.54) is 6.08 Å². The molecule has 0 saturated heterocycles. The van der Waals surface area contributed by atoms with E-state index >= 15 is 0 Å². The summed E-state index contributed by atoms with van der Waals surface area (Å²) in [6.45, 7) is 5.77. The zero-order valence-corrected chi connectivity index (χ0v) is 9.00. The summed E-state index contributed by atoms with van der Waals surface area (Å²) in [6, 6.07) is 0. The molecule has 15 heavy (non-hydrogen) atoms. The number of aliphatic hydroxyl groups excluding tert-OH is 1. The Bertz CT molecular complexity index is 421. The summed E-state index contributed by atoms with van der Waals surface area (Å²) in [5, 5.41) is 9.69. The summed E-state index contributed by atoms with van der Waals surface area (Å²) in [4.78, 5) is 10.5. The van der Waals surface area contributed by atoms with Gasteiger partial charge in [0, 0.05) is 0 Å². The second-order valence-electron chi connectivity index (χ2n) is 4.47. The molecule has 1 aliphatic rings. The average Bonchev–Trinajstić information content (AvgIpc) is 2.15. The molecule has 0 saturated carbocycles. The molecule has 0 aromatic rings. The van der Waals surface area contributed by atoms with Crippen molar-refractivity contribution in [3.05, 3.63) is 28.9 Å². The molecule has 1 N–H and O–H groups in total. The van der Waals surface area contributed by atoms with Gasteiger partial charge in [0.25, 0.3) is 0 Å². The van der Waals surface area contributed by atoms with Crippen LogP contribution in [0.3, 0.4) is 0 Å². The van der Waals surface area contributed by atoms with Crippen molar-refractivity contribution in [3.63, 3.8) is 0 Å². The van der Waals surface area contributed by atoms with Crippen molar-refractivity contribution in [1.82, 2.24) is 0 Å². The van der Waals surface area contributed by atoms with E-state index < -0.39 is 6.10 Å². The minimum atomic E-state index is -1.20. The van der Waals surface area contributed by atoms with Crippen molar-refractivity contribution in [2.24, 2.45) is 5.41 Å². The fourth-order valence-electron chi connectivity index (χ4n) is 1.51. The summed E-state index contributed by atoms with van der Waals surface area (Å²) >= 11 is 0. The Hall–Kier alpha value is -1.37. The van der Waals surface area contributed by atoms with Gasteiger partial charge < -0.3 is 0 Å². The standard InChI is InChI=1S/C12H13O3/c1-12(2,3)10-5-4-8(6-13)11(15)9(10)7-14/h4-5,11,15H,1-3H3/q+1. The molecule has 0 radical (unpaired) electrons. The van der Waals surface area contributed by atoms with Gasteiger partial charge in [-0.25, -0.2) is 0 Å². The molecule has 0 heterocycles. The van der Waals surface area contributed by atoms with E-state index in [1.54, 1.807) is 18.2 Å². The monoisotopic (exact) mass is 205 g/mol. The zero-order chi connectivity index (χ0) is 11.6. The van der Waals surface area contributed by atoms with Gasteiger partial charge in [0.15, 0.2) is 0 Å². The van der Waals surface area contributed by atoms with Crippen LogP contribution in [0.25, 0.3) is 0 Å². The number of rotatable bonds is 0. The van der Waals surface area contributed by atoms with Gasteiger partial charge in [-0.15, -0.1) is 0 Å². The van der Waals surface area contributed by atoms with E-state index in [4.69, 9.17) is 0 Å². The van der Waals surface area contributed by atoms with Crippen LogP contribution in [0, 0.1) is 11.6 Å². The van der Waals surface area contributed by atoms with Gasteiger partial charge in [-0.3, -0.25) is 0 Å². The topological polar surface area (TPSA) is 57.2 Å². The number of allylic oxidation sites excluding steroid dienone is 2. The molecule has 0 amide bonds. The number of aliphatic hydroxyl groups is 1. The fourth-order valence-corrected chi connectivity index (χ4v) is 1.51. The van der Waals surface area contributed by atoms with Gasteiger partial charge >= 0.3 is 87.8 Å². The van der Waals surface area contributed by atoms with Crippen molar-refractivity contribution >= 4 is 5.94 Å². The van der Waals surface area contributed by atoms with E-state index in [0.29, 0.717) is 5.57 Å². The minimum absolute atomic E-state index is 0.0707. The molecular weight excluding hydrogens is 192 g/mol. The van der Waals surface area contributed by atoms with Crippen molar-refractivity contribution < 1.29 is 14.6 Å². The molecule has 1 unspecified atom stereocenters. The first-order chi connectivity index (χ1) is 6.91. The second kappa shape index (κ2) is 4.01. The van der Waals surface area contributed by atoms with E-state index in [9.17, 15) is 14.6 Å². The van der Waals surface area contributed by atoms with Gasteiger partial charge in [-0.1, -0.05) is 0 Å². The van der Waals surface area contributed by atoms with Gasteiger partial charge in [0.1, 0.15) is 0 Å². The fraction of sp³-hybridized carbons (Fsp3) is 0.417. The van der Waals surface area contributed by atoms with Crippen molar-refractivity contribution in [2.45, 2.75) is 26.9 Å². The number of hydrogen-bond donors (Lipinski definition) is 1. The summed E-state index contributed by atoms with van der Waals surface area (Å²) in [5.74, 6) is 1.61. The Balaban J connectivity index is 3.35. The molecule has 0 aliphatic heterocycles. The Morgan fingerprint density at radius 2 is 2.00 bits per heavy atom. The first-order valence-corrected chi connectivity index (χ1v) is 4.65. The van der Waals surface area contributed by atoms with E-state index in [2.05, 4.69) is 0 Å². The van der Waals surface area contributed by atoms with Crippen LogP contribution in [-0.2, 0) is 9.45 Å². The van der Waals surface area contributed by atoms with Crippen LogP contribution in [0.4, 0.5) is 0 Å². The Labute approximate surface area is 88.5 Å². The SMILES string of the molecule is CC(C)(C)C1=C(C#[O+])C(O)C(=C=O)C=C1. The van der Waals surface area contributed by atoms with E-state index in [-0.39, 0.29) is 16.6 Å². The van der Waals surface area contributed by atoms with Gasteiger partial charge in [0.05, 0.1) is 0 Å². The maximum absolute atomic E-state index is 10.8. The van der Waals surface area contributed by atoms with Crippen LogP contribution in [0.15, 0.2) is 28.9 Å². The van der Waals surface area contributed by atoms with Crippen molar-refractivity contribution in [1.29, 1.82) is 0 Å². The first-order valence-electron chi connectivity index (χ1n) is 4.65. The molecule has 3 heteroatoms. The van der Waals surface area contributed by atoms with Gasteiger partial charge in [0.2, 0.25) is 0 Å². The van der Waals surface area contributed by atoms with Crippen LogP contribution in [0.5, 0.6) is 0 Å². The average molecular weight is 205 g/mol. The van der Waals surface area contributed by atoms with Crippen LogP contribution in [-0.4, -0.2) is 17.2 Å². The van der Waals surface area contributed by atoms with E-state index in [0.717, 1.165) is 0 Å². The third kappa shape index (κ3) is 2.17. The van der Waals surface area contributed by atoms with Gasteiger partial charge in [-0.2, -0.15) is 0 Å². The Morgan fingerprint density at radius 1 is 1.40 bits per heavy atom. The third-order valence-corrected chi connectivity index (χ3v) is 2.32. The summed E-state index contributed by atoms with van der Waals surface area (Å²) in [6.07, 6.45) is 3.65. The van der Waals surface area contributed by atoms with Crippen molar-refractivity contribution in [3.8, 4) is 6.15 Å². The number of carbonyl (C=O) groups excluding carboxylic acids is 1. The predicted molar refractivity (Wildman–Crippen MR) is 55.4 cm³/mol. The molecule has 0 spiro atoms. The van der Waals surface area contributed by atoms with Crippen molar-refractivity contribution in [2.75, 3.05) is 0 Å². The molecule has 0 aromatic heterocycles. The Kier molecular flexibility index (Phi) is 3.13. The molecule has 1 aliphatic carbocycles. The molecule has 0 bridgehead atoms. The first kappa shape index (κ1) is 11.7. The molecule has 3 nitrogen and oxygen atoms in total. The predicted octanol–water partition coefficient (Wildman–Crippen LogP) is 1.41. The molecule has 1 atom stereocenters. The second-order valence-corrected chi connectivity index (χ2v) is 4.47. The van der Waals surface area contributed by atoms with Crippen LogP contribution in [0.1, 0.15) is 20.8 Å². The molecule has 1 rings (SSSR count). The quantitative estimate of drug-likeness (QED) is 0.480. The molecule has 78 valence electrons. The van der Waals surface area contributed by atoms with Gasteiger partial charge in [-0.05, 0) is 0 Å². The third-order valence-electron chi connectivity index (χ3n) is 2.32. The normalized spacial score (nSPS) is 21.3. The van der Waals surface area contributed by atoms with E-state index in [1.807, 2.05) is 20.8 Å². The van der Waals surface area contributed by atoms with Crippen LogP contribution in [0.2, 0.25) is 0 Å². The summed E-state index contributed by atoms with van der Waals surface area (Å²) < 4.78 is 10.8.